The van der Waals surface area contributed by atoms with Gasteiger partial charge in [-0.25, -0.2) is 4.79 Å². The summed E-state index contributed by atoms with van der Waals surface area (Å²) < 4.78 is 16.5. The van der Waals surface area contributed by atoms with E-state index >= 15 is 0 Å². The molecule has 0 saturated carbocycles. The molecule has 0 atom stereocenters. The number of hydrogen-bond donors (Lipinski definition) is 1. The van der Waals surface area contributed by atoms with Crippen LogP contribution < -0.4 is 14.8 Å². The summed E-state index contributed by atoms with van der Waals surface area (Å²) in [7, 11) is 2.70. The predicted octanol–water partition coefficient (Wildman–Crippen LogP) is 4.32. The number of esters is 1. The number of rotatable bonds is 7. The monoisotopic (exact) mass is 522 g/mol. The second kappa shape index (κ2) is 10.6. The zero-order valence-corrected chi connectivity index (χ0v) is 18.7. The molecule has 7 nitrogen and oxygen atoms in total. The quantitative estimate of drug-likeness (QED) is 0.330. The van der Waals surface area contributed by atoms with E-state index in [1.807, 2.05) is 12.1 Å². The molecule has 0 bridgehead atoms. The fourth-order valence-corrected chi connectivity index (χ4v) is 3.03. The maximum atomic E-state index is 12.5. The number of methoxy groups -OCH3 is 2. The smallest absolute Gasteiger partial charge is 0.343 e. The lowest BCUT2D eigenvalue weighted by atomic mass is 10.1. The van der Waals surface area contributed by atoms with Gasteiger partial charge in [-0.3, -0.25) is 4.79 Å². The van der Waals surface area contributed by atoms with Crippen molar-refractivity contribution < 1.29 is 23.8 Å². The number of nitriles is 1. The van der Waals surface area contributed by atoms with Gasteiger partial charge in [0.15, 0.2) is 18.1 Å². The third-order valence-corrected chi connectivity index (χ3v) is 4.78. The molecule has 0 aromatic heterocycles. The van der Waals surface area contributed by atoms with Crippen LogP contribution >= 0.6 is 31.9 Å². The van der Waals surface area contributed by atoms with Crippen molar-refractivity contribution in [2.24, 2.45) is 0 Å². The molecule has 0 aliphatic rings. The van der Waals surface area contributed by atoms with E-state index in [1.165, 1.54) is 20.3 Å². The van der Waals surface area contributed by atoms with Crippen molar-refractivity contribution in [2.45, 2.75) is 0 Å². The minimum atomic E-state index is -0.553. The summed E-state index contributed by atoms with van der Waals surface area (Å²) >= 11 is 6.70. The van der Waals surface area contributed by atoms with E-state index in [9.17, 15) is 14.9 Å². The number of carbonyl (C=O) groups excluding carboxylic acids is 2. The molecule has 2 rings (SSSR count). The molecule has 2 aromatic carbocycles. The third-order valence-electron chi connectivity index (χ3n) is 3.60. The van der Waals surface area contributed by atoms with Crippen LogP contribution in [0.4, 0.5) is 5.69 Å². The summed E-state index contributed by atoms with van der Waals surface area (Å²) in [5, 5.41) is 12.1. The summed E-state index contributed by atoms with van der Waals surface area (Å²) in [4.78, 5) is 23.7. The van der Waals surface area contributed by atoms with Crippen molar-refractivity contribution in [3.8, 4) is 17.6 Å². The Bertz CT molecular complexity index is 999. The number of ether oxygens (including phenoxy) is 3. The maximum absolute atomic E-state index is 12.5. The van der Waals surface area contributed by atoms with Crippen molar-refractivity contribution in [2.75, 3.05) is 26.1 Å². The predicted molar refractivity (Wildman–Crippen MR) is 115 cm³/mol. The van der Waals surface area contributed by atoms with Gasteiger partial charge in [0.05, 0.1) is 14.2 Å². The second-order valence-corrected chi connectivity index (χ2v) is 7.29. The molecule has 150 valence electrons. The Morgan fingerprint density at radius 3 is 2.55 bits per heavy atom. The van der Waals surface area contributed by atoms with Crippen molar-refractivity contribution in [1.82, 2.24) is 0 Å². The Morgan fingerprint density at radius 1 is 1.17 bits per heavy atom. The summed E-state index contributed by atoms with van der Waals surface area (Å²) in [6, 6.07) is 12.1. The average molecular weight is 524 g/mol. The van der Waals surface area contributed by atoms with Crippen LogP contribution in [0.15, 0.2) is 50.9 Å². The number of anilines is 1. The van der Waals surface area contributed by atoms with Crippen LogP contribution in [0.5, 0.6) is 11.5 Å². The number of carbonyl (C=O) groups is 2. The highest BCUT2D eigenvalue weighted by Gasteiger charge is 2.15. The molecule has 2 aromatic rings. The fourth-order valence-electron chi connectivity index (χ4n) is 2.20. The van der Waals surface area contributed by atoms with Crippen molar-refractivity contribution in [3.05, 3.63) is 56.5 Å². The first-order chi connectivity index (χ1) is 13.9. The van der Waals surface area contributed by atoms with E-state index in [0.29, 0.717) is 27.2 Å². The lowest BCUT2D eigenvalue weighted by Crippen LogP contribution is -2.13. The Labute approximate surface area is 184 Å². The van der Waals surface area contributed by atoms with Gasteiger partial charge in [0.1, 0.15) is 11.6 Å². The standard InChI is InChI=1S/C20H16Br2N2O5/c1-27-17-7-12(16(22)9-18(17)29-11-19(25)28-2)6-13(10-23)20(26)24-15-5-3-4-14(21)8-15/h3-9H,11H2,1-2H3,(H,24,26)/b13-6-. The SMILES string of the molecule is COC(=O)COc1cc(Br)c(/C=C(/C#N)C(=O)Nc2cccc(Br)c2)cc1OC. The van der Waals surface area contributed by atoms with Gasteiger partial charge in [-0.15, -0.1) is 0 Å². The van der Waals surface area contributed by atoms with Crippen molar-refractivity contribution in [3.63, 3.8) is 0 Å². The second-order valence-electron chi connectivity index (χ2n) is 5.52. The molecule has 29 heavy (non-hydrogen) atoms. The lowest BCUT2D eigenvalue weighted by Gasteiger charge is -2.12. The summed E-state index contributed by atoms with van der Waals surface area (Å²) in [5.41, 5.74) is 0.970. The van der Waals surface area contributed by atoms with Crippen LogP contribution in [0.2, 0.25) is 0 Å². The van der Waals surface area contributed by atoms with E-state index in [2.05, 4.69) is 41.9 Å². The van der Waals surface area contributed by atoms with Gasteiger partial charge in [-0.2, -0.15) is 5.26 Å². The molecule has 1 amide bonds. The number of benzene rings is 2. The van der Waals surface area contributed by atoms with Gasteiger partial charge in [-0.05, 0) is 42.0 Å². The van der Waals surface area contributed by atoms with Crippen molar-refractivity contribution in [1.29, 1.82) is 5.26 Å². The first-order valence-electron chi connectivity index (χ1n) is 8.13. The highest BCUT2D eigenvalue weighted by molar-refractivity contribution is 9.10. The Morgan fingerprint density at radius 2 is 1.93 bits per heavy atom. The minimum absolute atomic E-state index is 0.101. The summed E-state index contributed by atoms with van der Waals surface area (Å²) in [5.74, 6) is -0.460. The fraction of sp³-hybridized carbons (Fsp3) is 0.150. The summed E-state index contributed by atoms with van der Waals surface area (Å²) in [6.07, 6.45) is 1.42. The molecule has 0 saturated heterocycles. The molecule has 0 heterocycles. The highest BCUT2D eigenvalue weighted by Crippen LogP contribution is 2.34. The molecular weight excluding hydrogens is 508 g/mol. The molecule has 0 spiro atoms. The normalized spacial score (nSPS) is 10.7. The number of amides is 1. The maximum Gasteiger partial charge on any atom is 0.343 e. The van der Waals surface area contributed by atoms with E-state index in [0.717, 1.165) is 4.47 Å². The molecule has 0 aliphatic carbocycles. The number of nitrogens with zero attached hydrogens (tertiary/aromatic N) is 1. The molecule has 0 aliphatic heterocycles. The van der Waals surface area contributed by atoms with Crippen molar-refractivity contribution >= 4 is 55.5 Å². The van der Waals surface area contributed by atoms with Gasteiger partial charge >= 0.3 is 5.97 Å². The topological polar surface area (TPSA) is 97.7 Å². The molecule has 0 fully saturated rings. The number of hydrogen-bond acceptors (Lipinski definition) is 6. The average Bonchev–Trinajstić information content (AvgIpc) is 2.70. The largest absolute Gasteiger partial charge is 0.493 e. The number of nitrogens with one attached hydrogen (secondary N) is 1. The van der Waals surface area contributed by atoms with Crippen LogP contribution in [-0.4, -0.2) is 32.7 Å². The highest BCUT2D eigenvalue weighted by atomic mass is 79.9. The molecule has 9 heteroatoms. The zero-order valence-electron chi connectivity index (χ0n) is 15.5. The first kappa shape index (κ1) is 22.5. The van der Waals surface area contributed by atoms with Crippen LogP contribution in [0.1, 0.15) is 5.56 Å². The van der Waals surface area contributed by atoms with Crippen LogP contribution in [0, 0.1) is 11.3 Å². The van der Waals surface area contributed by atoms with E-state index < -0.39 is 11.9 Å². The Kier molecular flexibility index (Phi) is 8.24. The van der Waals surface area contributed by atoms with Gasteiger partial charge in [0.2, 0.25) is 0 Å². The van der Waals surface area contributed by atoms with E-state index in [4.69, 9.17) is 9.47 Å². The van der Waals surface area contributed by atoms with Crippen LogP contribution in [0.3, 0.4) is 0 Å². The molecular formula is C20H16Br2N2O5. The van der Waals surface area contributed by atoms with Gasteiger partial charge in [0, 0.05) is 14.6 Å². The Balaban J connectivity index is 2.29. The Hall–Kier alpha value is -2.83. The van der Waals surface area contributed by atoms with Crippen LogP contribution in [0.25, 0.3) is 6.08 Å². The van der Waals surface area contributed by atoms with Gasteiger partial charge in [-0.1, -0.05) is 37.9 Å². The lowest BCUT2D eigenvalue weighted by molar-refractivity contribution is -0.142. The third kappa shape index (κ3) is 6.34. The number of halogens is 2. The molecule has 1 N–H and O–H groups in total. The molecule has 0 radical (unpaired) electrons. The van der Waals surface area contributed by atoms with Gasteiger partial charge in [0.25, 0.3) is 5.91 Å². The zero-order chi connectivity index (χ0) is 21.4. The van der Waals surface area contributed by atoms with E-state index in [1.54, 1.807) is 30.3 Å². The minimum Gasteiger partial charge on any atom is -0.493 e. The van der Waals surface area contributed by atoms with Gasteiger partial charge < -0.3 is 19.5 Å². The first-order valence-corrected chi connectivity index (χ1v) is 9.72. The van der Waals surface area contributed by atoms with Crippen LogP contribution in [-0.2, 0) is 14.3 Å². The van der Waals surface area contributed by atoms with E-state index in [-0.39, 0.29) is 12.2 Å². The molecule has 0 unspecified atom stereocenters. The summed E-state index contributed by atoms with van der Waals surface area (Å²) in [6.45, 7) is -0.285.